The molecule has 0 aliphatic carbocycles. The van der Waals surface area contributed by atoms with E-state index in [0.29, 0.717) is 0 Å². The summed E-state index contributed by atoms with van der Waals surface area (Å²) in [5, 5.41) is 10.0. The number of rotatable bonds is 0. The van der Waals surface area contributed by atoms with Gasteiger partial charge in [0.1, 0.15) is 0 Å². The first kappa shape index (κ1) is 15.5. The van der Waals surface area contributed by atoms with Gasteiger partial charge in [-0.15, -0.1) is 13.1 Å². The Morgan fingerprint density at radius 2 is 1.00 bits per heavy atom. The zero-order valence-electron chi connectivity index (χ0n) is 13.8. The van der Waals surface area contributed by atoms with Gasteiger partial charge in [-0.05, 0) is 32.7 Å². The fourth-order valence-corrected chi connectivity index (χ4v) is 3.78. The summed E-state index contributed by atoms with van der Waals surface area (Å²) in [4.78, 5) is 0. The summed E-state index contributed by atoms with van der Waals surface area (Å²) in [7, 11) is 0. The van der Waals surface area contributed by atoms with Crippen LogP contribution in [0.3, 0.4) is 0 Å². The van der Waals surface area contributed by atoms with Crippen molar-refractivity contribution in [1.82, 2.24) is 0 Å². The summed E-state index contributed by atoms with van der Waals surface area (Å²) in [6, 6.07) is 26.3. The van der Waals surface area contributed by atoms with Gasteiger partial charge in [0, 0.05) is 0 Å². The van der Waals surface area contributed by atoms with E-state index in [4.69, 9.17) is 5.32 Å². The first-order valence-electron chi connectivity index (χ1n) is 8.07. The van der Waals surface area contributed by atoms with Gasteiger partial charge in [-0.2, -0.15) is 0 Å². The zero-order valence-corrected chi connectivity index (χ0v) is 13.8. The van der Waals surface area contributed by atoms with Gasteiger partial charge in [0.05, 0.1) is 0 Å². The maximum atomic E-state index is 4.77. The largest absolute Gasteiger partial charge is 1.00 e. The Kier molecular flexibility index (Phi) is 3.94. The van der Waals surface area contributed by atoms with Crippen molar-refractivity contribution in [1.29, 1.82) is 0 Å². The van der Waals surface area contributed by atoms with Crippen molar-refractivity contribution in [3.05, 3.63) is 89.2 Å². The van der Waals surface area contributed by atoms with E-state index in [9.17, 15) is 0 Å². The molecule has 2 heteroatoms. The molecular weight excluding hydrogens is 285 g/mol. The molecule has 0 atom stereocenters. The van der Waals surface area contributed by atoms with Gasteiger partial charge < -0.3 is 5.32 Å². The SMILES string of the molecule is [Li+].c1ccc2c3c(ccc2c1)C[N-]Cc1ccc2ccccc2c1-3. The Bertz CT molecular complexity index is 967. The molecule has 0 unspecified atom stereocenters. The topological polar surface area (TPSA) is 14.1 Å². The second-order valence-corrected chi connectivity index (χ2v) is 6.18. The molecule has 0 radical (unpaired) electrons. The summed E-state index contributed by atoms with van der Waals surface area (Å²) >= 11 is 0. The van der Waals surface area contributed by atoms with Gasteiger partial charge in [-0.3, -0.25) is 0 Å². The number of hydrogen-bond acceptors (Lipinski definition) is 0. The second kappa shape index (κ2) is 6.11. The Labute approximate surface area is 153 Å². The molecule has 1 aliphatic heterocycles. The summed E-state index contributed by atoms with van der Waals surface area (Å²) in [5.74, 6) is 0. The molecule has 110 valence electrons. The third kappa shape index (κ3) is 2.29. The fourth-order valence-electron chi connectivity index (χ4n) is 3.78. The molecule has 0 amide bonds. The van der Waals surface area contributed by atoms with Crippen molar-refractivity contribution < 1.29 is 18.9 Å². The van der Waals surface area contributed by atoms with Crippen LogP contribution in [0.5, 0.6) is 0 Å². The van der Waals surface area contributed by atoms with Gasteiger partial charge in [0.2, 0.25) is 0 Å². The van der Waals surface area contributed by atoms with Crippen LogP contribution < -0.4 is 18.9 Å². The van der Waals surface area contributed by atoms with E-state index in [1.807, 2.05) is 0 Å². The molecule has 4 aromatic carbocycles. The van der Waals surface area contributed by atoms with Crippen LogP contribution in [0.15, 0.2) is 72.8 Å². The molecule has 0 saturated heterocycles. The van der Waals surface area contributed by atoms with E-state index in [1.165, 1.54) is 43.8 Å². The molecule has 1 nitrogen and oxygen atoms in total. The van der Waals surface area contributed by atoms with Crippen molar-refractivity contribution >= 4 is 21.5 Å². The summed E-state index contributed by atoms with van der Waals surface area (Å²) in [6.45, 7) is 1.59. The van der Waals surface area contributed by atoms with E-state index in [0.717, 1.165) is 13.1 Å². The molecular formula is C22H16LiN. The van der Waals surface area contributed by atoms with Crippen LogP contribution in [0.4, 0.5) is 0 Å². The second-order valence-electron chi connectivity index (χ2n) is 6.18. The van der Waals surface area contributed by atoms with Crippen LogP contribution in [0.1, 0.15) is 11.1 Å². The van der Waals surface area contributed by atoms with E-state index >= 15 is 0 Å². The molecule has 0 bridgehead atoms. The Hall–Kier alpha value is -2.04. The molecule has 0 saturated carbocycles. The number of fused-ring (bicyclic) bond motifs is 7. The van der Waals surface area contributed by atoms with Crippen LogP contribution in [-0.4, -0.2) is 0 Å². The minimum absolute atomic E-state index is 0. The summed E-state index contributed by atoms with van der Waals surface area (Å²) in [5.41, 5.74) is 5.41. The van der Waals surface area contributed by atoms with Gasteiger partial charge in [-0.1, -0.05) is 83.9 Å². The molecule has 24 heavy (non-hydrogen) atoms. The van der Waals surface area contributed by atoms with Crippen LogP contribution in [0.2, 0.25) is 0 Å². The first-order chi connectivity index (χ1) is 11.4. The molecule has 0 spiro atoms. The summed E-state index contributed by atoms with van der Waals surface area (Å²) < 4.78 is 0. The minimum atomic E-state index is 0. The normalized spacial score (nSPS) is 13.0. The summed E-state index contributed by atoms with van der Waals surface area (Å²) in [6.07, 6.45) is 0. The van der Waals surface area contributed by atoms with Gasteiger partial charge in [0.25, 0.3) is 0 Å². The van der Waals surface area contributed by atoms with Crippen molar-refractivity contribution in [3.8, 4) is 11.1 Å². The van der Waals surface area contributed by atoms with Crippen molar-refractivity contribution in [3.63, 3.8) is 0 Å². The molecule has 5 rings (SSSR count). The maximum Gasteiger partial charge on any atom is 1.00 e. The monoisotopic (exact) mass is 301 g/mol. The Balaban J connectivity index is 0.00000146. The fraction of sp³-hybridized carbons (Fsp3) is 0.0909. The van der Waals surface area contributed by atoms with Crippen molar-refractivity contribution in [2.24, 2.45) is 0 Å². The van der Waals surface area contributed by atoms with Crippen LogP contribution in [0.25, 0.3) is 38.0 Å². The predicted molar refractivity (Wildman–Crippen MR) is 97.7 cm³/mol. The number of hydrogen-bond donors (Lipinski definition) is 0. The number of benzene rings is 4. The van der Waals surface area contributed by atoms with E-state index < -0.39 is 0 Å². The van der Waals surface area contributed by atoms with E-state index in [1.54, 1.807) is 0 Å². The molecule has 0 aromatic heterocycles. The number of nitrogens with zero attached hydrogens (tertiary/aromatic N) is 1. The van der Waals surface area contributed by atoms with Crippen LogP contribution >= 0.6 is 0 Å². The van der Waals surface area contributed by atoms with Crippen molar-refractivity contribution in [2.45, 2.75) is 13.1 Å². The smallest absolute Gasteiger partial charge is 0.655 e. The van der Waals surface area contributed by atoms with E-state index in [2.05, 4.69) is 72.8 Å². The molecule has 0 fully saturated rings. The van der Waals surface area contributed by atoms with Gasteiger partial charge in [-0.25, -0.2) is 0 Å². The first-order valence-corrected chi connectivity index (χ1v) is 8.07. The van der Waals surface area contributed by atoms with Gasteiger partial charge >= 0.3 is 18.9 Å². The van der Waals surface area contributed by atoms with Crippen LogP contribution in [0, 0.1) is 0 Å². The average molecular weight is 301 g/mol. The molecule has 1 heterocycles. The van der Waals surface area contributed by atoms with Crippen molar-refractivity contribution in [2.75, 3.05) is 0 Å². The quantitative estimate of drug-likeness (QED) is 0.443. The Morgan fingerprint density at radius 1 is 0.542 bits per heavy atom. The average Bonchev–Trinajstić information content (AvgIpc) is 2.81. The molecule has 1 aliphatic rings. The van der Waals surface area contributed by atoms with E-state index in [-0.39, 0.29) is 18.9 Å². The van der Waals surface area contributed by atoms with Crippen LogP contribution in [-0.2, 0) is 13.1 Å². The third-order valence-electron chi connectivity index (χ3n) is 4.84. The molecule has 4 aromatic rings. The van der Waals surface area contributed by atoms with Gasteiger partial charge in [0.15, 0.2) is 0 Å². The molecule has 0 N–H and O–H groups in total. The Morgan fingerprint density at radius 3 is 1.50 bits per heavy atom. The zero-order chi connectivity index (χ0) is 15.2. The standard InChI is InChI=1S/C22H16N.Li/c1-3-7-19-15(5-1)9-11-17-13-23-14-18-12-10-16-6-2-4-8-20(16)22(18)21(17)19;/h1-12H,13-14H2;/q-1;+1. The maximum absolute atomic E-state index is 4.77. The minimum Gasteiger partial charge on any atom is -0.655 e. The predicted octanol–water partition coefficient (Wildman–Crippen LogP) is 3.05. The third-order valence-corrected chi connectivity index (χ3v) is 4.84.